The molecule has 0 aromatic heterocycles. The Hall–Kier alpha value is -0.180. The highest BCUT2D eigenvalue weighted by Gasteiger charge is 2.39. The average molecular weight is 188 g/mol. The normalized spacial score (nSPS) is 24.1. The maximum absolute atomic E-state index is 11.4. The molecule has 0 spiro atoms. The molecule has 1 fully saturated rings. The zero-order valence-electron chi connectivity index (χ0n) is 7.92. The van der Waals surface area contributed by atoms with Crippen molar-refractivity contribution in [1.29, 1.82) is 0 Å². The van der Waals surface area contributed by atoms with Crippen molar-refractivity contribution in [2.75, 3.05) is 18.6 Å². The Morgan fingerprint density at radius 3 is 2.67 bits per heavy atom. The van der Waals surface area contributed by atoms with Crippen molar-refractivity contribution < 1.29 is 9.53 Å². The summed E-state index contributed by atoms with van der Waals surface area (Å²) in [5.74, 6) is 2.71. The van der Waals surface area contributed by atoms with Gasteiger partial charge in [0.05, 0.1) is 12.5 Å². The molecular weight excluding hydrogens is 172 g/mol. The lowest BCUT2D eigenvalue weighted by Crippen LogP contribution is -2.34. The van der Waals surface area contributed by atoms with Gasteiger partial charge in [0.15, 0.2) is 0 Å². The maximum atomic E-state index is 11.4. The van der Waals surface area contributed by atoms with E-state index in [1.807, 2.05) is 25.6 Å². The Balaban J connectivity index is 2.62. The van der Waals surface area contributed by atoms with Crippen LogP contribution in [-0.4, -0.2) is 24.6 Å². The molecule has 1 rings (SSSR count). The minimum atomic E-state index is -0.293. The van der Waals surface area contributed by atoms with Crippen molar-refractivity contribution >= 4 is 17.7 Å². The number of methoxy groups -OCH3 is 1. The number of hydrogen-bond acceptors (Lipinski definition) is 3. The number of carbonyl (C=O) groups excluding carboxylic acids is 1. The van der Waals surface area contributed by atoms with Crippen molar-refractivity contribution in [2.45, 2.75) is 20.3 Å². The Bertz CT molecular complexity index is 171. The maximum Gasteiger partial charge on any atom is 0.311 e. The summed E-state index contributed by atoms with van der Waals surface area (Å²) in [7, 11) is 1.46. The second-order valence-corrected chi connectivity index (χ2v) is 4.92. The number of esters is 1. The number of thioether (sulfide) groups is 1. The summed E-state index contributed by atoms with van der Waals surface area (Å²) in [5.41, 5.74) is -0.293. The summed E-state index contributed by atoms with van der Waals surface area (Å²) in [6.07, 6.45) is 1.15. The molecular formula is C9H16O2S. The highest BCUT2D eigenvalue weighted by molar-refractivity contribution is 7.99. The van der Waals surface area contributed by atoms with Crippen LogP contribution in [-0.2, 0) is 9.53 Å². The van der Waals surface area contributed by atoms with E-state index in [9.17, 15) is 4.79 Å². The number of carbonyl (C=O) groups is 1. The van der Waals surface area contributed by atoms with Gasteiger partial charge in [-0.15, -0.1) is 0 Å². The van der Waals surface area contributed by atoms with Gasteiger partial charge in [-0.05, 0) is 37.7 Å². The van der Waals surface area contributed by atoms with Gasteiger partial charge in [-0.1, -0.05) is 0 Å². The van der Waals surface area contributed by atoms with E-state index in [0.29, 0.717) is 5.92 Å². The van der Waals surface area contributed by atoms with Crippen LogP contribution in [0.15, 0.2) is 0 Å². The summed E-state index contributed by atoms with van der Waals surface area (Å²) < 4.78 is 4.78. The zero-order valence-corrected chi connectivity index (χ0v) is 8.74. The predicted octanol–water partition coefficient (Wildman–Crippen LogP) is 1.94. The molecule has 0 aromatic carbocycles. The minimum Gasteiger partial charge on any atom is -0.469 e. The highest BCUT2D eigenvalue weighted by Crippen LogP contribution is 2.38. The molecule has 0 bridgehead atoms. The van der Waals surface area contributed by atoms with Crippen LogP contribution in [0, 0.1) is 11.3 Å². The molecule has 0 N–H and O–H groups in total. The Labute approximate surface area is 78.1 Å². The highest BCUT2D eigenvalue weighted by atomic mass is 32.2. The number of ether oxygens (including phenoxy) is 1. The second-order valence-electron chi connectivity index (χ2n) is 3.77. The molecule has 0 aromatic rings. The topological polar surface area (TPSA) is 26.3 Å². The summed E-state index contributed by atoms with van der Waals surface area (Å²) in [4.78, 5) is 11.4. The third-order valence-corrected chi connectivity index (χ3v) is 3.82. The van der Waals surface area contributed by atoms with Crippen LogP contribution in [0.1, 0.15) is 20.3 Å². The first-order valence-electron chi connectivity index (χ1n) is 4.25. The minimum absolute atomic E-state index is 0.0741. The monoisotopic (exact) mass is 188 g/mol. The lowest BCUT2D eigenvalue weighted by Gasteiger charge is -2.27. The SMILES string of the molecule is COC(=O)C(C)(C)C1CCSC1. The molecule has 1 unspecified atom stereocenters. The van der Waals surface area contributed by atoms with Crippen LogP contribution in [0.2, 0.25) is 0 Å². The molecule has 3 heteroatoms. The summed E-state index contributed by atoms with van der Waals surface area (Å²) in [6, 6.07) is 0. The van der Waals surface area contributed by atoms with E-state index in [0.717, 1.165) is 12.2 Å². The first-order valence-corrected chi connectivity index (χ1v) is 5.40. The lowest BCUT2D eigenvalue weighted by atomic mass is 9.78. The van der Waals surface area contributed by atoms with Gasteiger partial charge in [-0.25, -0.2) is 0 Å². The fourth-order valence-corrected chi connectivity index (χ4v) is 3.02. The molecule has 1 saturated heterocycles. The molecule has 2 nitrogen and oxygen atoms in total. The van der Waals surface area contributed by atoms with Gasteiger partial charge in [0.2, 0.25) is 0 Å². The molecule has 1 atom stereocenters. The van der Waals surface area contributed by atoms with Crippen LogP contribution >= 0.6 is 11.8 Å². The largest absolute Gasteiger partial charge is 0.469 e. The summed E-state index contributed by atoms with van der Waals surface area (Å²) in [5, 5.41) is 0. The van der Waals surface area contributed by atoms with Crippen LogP contribution in [0.5, 0.6) is 0 Å². The van der Waals surface area contributed by atoms with Gasteiger partial charge >= 0.3 is 5.97 Å². The Morgan fingerprint density at radius 1 is 1.58 bits per heavy atom. The molecule has 1 aliphatic heterocycles. The second kappa shape index (κ2) is 3.69. The van der Waals surface area contributed by atoms with Crippen molar-refractivity contribution in [2.24, 2.45) is 11.3 Å². The van der Waals surface area contributed by atoms with Crippen LogP contribution in [0.3, 0.4) is 0 Å². The van der Waals surface area contributed by atoms with E-state index in [1.165, 1.54) is 12.9 Å². The number of hydrogen-bond donors (Lipinski definition) is 0. The first kappa shape index (κ1) is 9.90. The van der Waals surface area contributed by atoms with Gasteiger partial charge in [0.1, 0.15) is 0 Å². The van der Waals surface area contributed by atoms with Gasteiger partial charge in [-0.3, -0.25) is 4.79 Å². The van der Waals surface area contributed by atoms with E-state index in [4.69, 9.17) is 4.74 Å². The quantitative estimate of drug-likeness (QED) is 0.619. The molecule has 70 valence electrons. The molecule has 0 amide bonds. The fraction of sp³-hybridized carbons (Fsp3) is 0.889. The van der Waals surface area contributed by atoms with E-state index in [1.54, 1.807) is 0 Å². The predicted molar refractivity (Wildman–Crippen MR) is 51.2 cm³/mol. The number of rotatable bonds is 2. The molecule has 0 aliphatic carbocycles. The van der Waals surface area contributed by atoms with Crippen molar-refractivity contribution in [3.8, 4) is 0 Å². The van der Waals surface area contributed by atoms with E-state index in [-0.39, 0.29) is 11.4 Å². The molecule has 1 heterocycles. The standard InChI is InChI=1S/C9H16O2S/c1-9(2,8(10)11-3)7-4-5-12-6-7/h7H,4-6H2,1-3H3. The molecule has 12 heavy (non-hydrogen) atoms. The smallest absolute Gasteiger partial charge is 0.311 e. The lowest BCUT2D eigenvalue weighted by molar-refractivity contribution is -0.153. The first-order chi connectivity index (χ1) is 5.59. The van der Waals surface area contributed by atoms with Crippen molar-refractivity contribution in [3.05, 3.63) is 0 Å². The zero-order chi connectivity index (χ0) is 9.19. The average Bonchev–Trinajstić information content (AvgIpc) is 2.55. The Morgan fingerprint density at radius 2 is 2.25 bits per heavy atom. The van der Waals surface area contributed by atoms with Crippen LogP contribution < -0.4 is 0 Å². The summed E-state index contributed by atoms with van der Waals surface area (Å²) in [6.45, 7) is 3.96. The third-order valence-electron chi connectivity index (χ3n) is 2.66. The van der Waals surface area contributed by atoms with E-state index in [2.05, 4.69) is 0 Å². The molecule has 0 radical (unpaired) electrons. The van der Waals surface area contributed by atoms with Gasteiger partial charge in [0.25, 0.3) is 0 Å². The van der Waals surface area contributed by atoms with E-state index < -0.39 is 0 Å². The van der Waals surface area contributed by atoms with E-state index >= 15 is 0 Å². The van der Waals surface area contributed by atoms with Crippen molar-refractivity contribution in [1.82, 2.24) is 0 Å². The third kappa shape index (κ3) is 1.76. The van der Waals surface area contributed by atoms with Crippen molar-refractivity contribution in [3.63, 3.8) is 0 Å². The summed E-state index contributed by atoms with van der Waals surface area (Å²) >= 11 is 1.93. The molecule has 0 saturated carbocycles. The van der Waals surface area contributed by atoms with Gasteiger partial charge in [0, 0.05) is 0 Å². The van der Waals surface area contributed by atoms with Gasteiger partial charge < -0.3 is 4.74 Å². The fourth-order valence-electron chi connectivity index (χ4n) is 1.53. The van der Waals surface area contributed by atoms with Crippen LogP contribution in [0.4, 0.5) is 0 Å². The molecule has 1 aliphatic rings. The Kier molecular flexibility index (Phi) is 3.04. The van der Waals surface area contributed by atoms with Gasteiger partial charge in [-0.2, -0.15) is 11.8 Å². The van der Waals surface area contributed by atoms with Crippen LogP contribution in [0.25, 0.3) is 0 Å².